The van der Waals surface area contributed by atoms with Crippen LogP contribution in [0.1, 0.15) is 54.7 Å². The van der Waals surface area contributed by atoms with Crippen molar-refractivity contribution < 1.29 is 17.9 Å². The van der Waals surface area contributed by atoms with Crippen molar-refractivity contribution in [1.82, 2.24) is 19.5 Å². The highest BCUT2D eigenvalue weighted by molar-refractivity contribution is 7.90. The molecule has 2 aliphatic carbocycles. The highest BCUT2D eigenvalue weighted by atomic mass is 32.2. The quantitative estimate of drug-likeness (QED) is 0.790. The molecule has 3 aliphatic rings. The third kappa shape index (κ3) is 3.06. The molecule has 5 rings (SSSR count). The van der Waals surface area contributed by atoms with Gasteiger partial charge in [0.1, 0.15) is 0 Å². The molecule has 1 atom stereocenters. The Morgan fingerprint density at radius 2 is 1.86 bits per heavy atom. The number of hydrogen-bond donors (Lipinski definition) is 2. The van der Waals surface area contributed by atoms with E-state index in [1.165, 1.54) is 6.20 Å². The molecule has 2 aromatic rings. The second-order valence-corrected chi connectivity index (χ2v) is 9.50. The van der Waals surface area contributed by atoms with E-state index >= 15 is 0 Å². The van der Waals surface area contributed by atoms with Gasteiger partial charge in [0.15, 0.2) is 4.90 Å². The number of carbonyl (C=O) groups excluding carboxylic acids is 1. The van der Waals surface area contributed by atoms with Crippen LogP contribution >= 0.6 is 0 Å². The van der Waals surface area contributed by atoms with Crippen LogP contribution in [0.2, 0.25) is 0 Å². The molecule has 9 nitrogen and oxygen atoms in total. The van der Waals surface area contributed by atoms with Crippen molar-refractivity contribution in [3.63, 3.8) is 0 Å². The molecule has 0 aromatic carbocycles. The van der Waals surface area contributed by atoms with Crippen LogP contribution in [-0.4, -0.2) is 35.8 Å². The Morgan fingerprint density at radius 1 is 1.17 bits per heavy atom. The Morgan fingerprint density at radius 3 is 2.55 bits per heavy atom. The molecular weight excluding hydrogens is 394 g/mol. The van der Waals surface area contributed by atoms with Crippen LogP contribution in [0.4, 0.5) is 10.5 Å². The van der Waals surface area contributed by atoms with Crippen molar-refractivity contribution in [2.75, 3.05) is 11.9 Å². The first-order chi connectivity index (χ1) is 13.9. The highest BCUT2D eigenvalue weighted by Gasteiger charge is 2.32. The van der Waals surface area contributed by atoms with Crippen molar-refractivity contribution >= 4 is 21.7 Å². The summed E-state index contributed by atoms with van der Waals surface area (Å²) < 4.78 is 34.8. The molecule has 0 spiro atoms. The van der Waals surface area contributed by atoms with Crippen LogP contribution < -0.4 is 14.8 Å². The van der Waals surface area contributed by atoms with E-state index < -0.39 is 16.1 Å². The van der Waals surface area contributed by atoms with Gasteiger partial charge >= 0.3 is 6.03 Å². The van der Waals surface area contributed by atoms with Gasteiger partial charge < -0.3 is 10.1 Å². The van der Waals surface area contributed by atoms with Gasteiger partial charge in [-0.25, -0.2) is 22.6 Å². The minimum atomic E-state index is -4.12. The lowest BCUT2D eigenvalue weighted by molar-refractivity contribution is 0.196. The maximum absolute atomic E-state index is 12.8. The van der Waals surface area contributed by atoms with Crippen LogP contribution in [0.5, 0.6) is 5.88 Å². The minimum absolute atomic E-state index is 0.0403. The third-order valence-electron chi connectivity index (χ3n) is 5.92. The van der Waals surface area contributed by atoms with Gasteiger partial charge in [0.05, 0.1) is 24.5 Å². The van der Waals surface area contributed by atoms with Crippen molar-refractivity contribution in [2.24, 2.45) is 0 Å². The average Bonchev–Trinajstić information content (AvgIpc) is 3.40. The normalized spacial score (nSPS) is 19.8. The van der Waals surface area contributed by atoms with Gasteiger partial charge in [-0.3, -0.25) is 4.98 Å². The van der Waals surface area contributed by atoms with Gasteiger partial charge in [-0.1, -0.05) is 0 Å². The molecule has 10 heteroatoms. The average molecular weight is 417 g/mol. The van der Waals surface area contributed by atoms with Crippen molar-refractivity contribution in [3.8, 4) is 5.88 Å². The van der Waals surface area contributed by atoms with Gasteiger partial charge in [-0.2, -0.15) is 5.10 Å². The van der Waals surface area contributed by atoms with Crippen LogP contribution in [-0.2, 0) is 35.7 Å². The molecule has 154 valence electrons. The van der Waals surface area contributed by atoms with Crippen molar-refractivity contribution in [3.05, 3.63) is 28.7 Å². The zero-order valence-electron chi connectivity index (χ0n) is 16.2. The Hall–Kier alpha value is -2.62. The van der Waals surface area contributed by atoms with Gasteiger partial charge in [0.2, 0.25) is 5.88 Å². The molecule has 0 saturated heterocycles. The number of urea groups is 1. The summed E-state index contributed by atoms with van der Waals surface area (Å²) in [5.74, 6) is 0.176. The lowest BCUT2D eigenvalue weighted by atomic mass is 10.1. The minimum Gasteiger partial charge on any atom is -0.477 e. The Bertz CT molecular complexity index is 1080. The number of fused-ring (bicyclic) bond motifs is 3. The summed E-state index contributed by atoms with van der Waals surface area (Å²) >= 11 is 0. The summed E-state index contributed by atoms with van der Waals surface area (Å²) in [5, 5.41) is 6.93. The Kier molecular flexibility index (Phi) is 4.27. The number of aryl methyl sites for hydroxylation is 2. The Balaban J connectivity index is 1.41. The van der Waals surface area contributed by atoms with Gasteiger partial charge in [0, 0.05) is 17.8 Å². The SMILES string of the molecule is CC1CCOc2c(S(=O)(=O)NC(=O)Nc3c4c(nc5c3CCC5)CCC4)cnn21. The predicted octanol–water partition coefficient (Wildman–Crippen LogP) is 2.11. The molecule has 0 fully saturated rings. The van der Waals surface area contributed by atoms with Crippen LogP contribution in [0.3, 0.4) is 0 Å². The number of aromatic nitrogens is 3. The van der Waals surface area contributed by atoms with Crippen molar-refractivity contribution in [2.45, 2.75) is 62.8 Å². The van der Waals surface area contributed by atoms with Gasteiger partial charge in [-0.05, 0) is 56.6 Å². The van der Waals surface area contributed by atoms with E-state index in [-0.39, 0.29) is 16.8 Å². The summed E-state index contributed by atoms with van der Waals surface area (Å²) in [5.41, 5.74) is 4.87. The first-order valence-electron chi connectivity index (χ1n) is 10.0. The largest absolute Gasteiger partial charge is 0.477 e. The van der Waals surface area contributed by atoms with E-state index in [1.807, 2.05) is 6.92 Å². The monoisotopic (exact) mass is 417 g/mol. The highest BCUT2D eigenvalue weighted by Crippen LogP contribution is 2.37. The maximum atomic E-state index is 12.8. The number of rotatable bonds is 3. The molecule has 0 saturated carbocycles. The first kappa shape index (κ1) is 18.4. The zero-order valence-corrected chi connectivity index (χ0v) is 17.0. The fourth-order valence-corrected chi connectivity index (χ4v) is 5.45. The molecule has 29 heavy (non-hydrogen) atoms. The fourth-order valence-electron chi connectivity index (χ4n) is 4.47. The number of nitrogens with zero attached hydrogens (tertiary/aromatic N) is 3. The van der Waals surface area contributed by atoms with Gasteiger partial charge in [-0.15, -0.1) is 0 Å². The summed E-state index contributed by atoms with van der Waals surface area (Å²) in [6.45, 7) is 2.36. The number of anilines is 1. The number of hydrogen-bond acceptors (Lipinski definition) is 6. The lowest BCUT2D eigenvalue weighted by Crippen LogP contribution is -2.35. The van der Waals surface area contributed by atoms with Crippen LogP contribution in [0, 0.1) is 0 Å². The second kappa shape index (κ2) is 6.72. The molecule has 3 heterocycles. The van der Waals surface area contributed by atoms with E-state index in [0.717, 1.165) is 73.1 Å². The molecule has 1 unspecified atom stereocenters. The molecule has 1 aliphatic heterocycles. The summed E-state index contributed by atoms with van der Waals surface area (Å²) in [6, 6.07) is -0.735. The number of amides is 2. The van der Waals surface area contributed by atoms with E-state index in [2.05, 4.69) is 15.1 Å². The van der Waals surface area contributed by atoms with Crippen LogP contribution in [0.25, 0.3) is 0 Å². The summed E-state index contributed by atoms with van der Waals surface area (Å²) in [4.78, 5) is 17.3. The maximum Gasteiger partial charge on any atom is 0.333 e. The number of ether oxygens (including phenoxy) is 1. The number of nitrogens with one attached hydrogen (secondary N) is 2. The number of sulfonamides is 1. The smallest absolute Gasteiger partial charge is 0.333 e. The molecule has 2 aromatic heterocycles. The van der Waals surface area contributed by atoms with Crippen molar-refractivity contribution in [1.29, 1.82) is 0 Å². The molecule has 2 amide bonds. The van der Waals surface area contributed by atoms with E-state index in [9.17, 15) is 13.2 Å². The van der Waals surface area contributed by atoms with Gasteiger partial charge in [0.25, 0.3) is 10.0 Å². The molecule has 0 bridgehead atoms. The van der Waals surface area contributed by atoms with E-state index in [0.29, 0.717) is 6.61 Å². The second-order valence-electron chi connectivity index (χ2n) is 7.85. The molecule has 0 radical (unpaired) electrons. The number of carbonyl (C=O) groups is 1. The number of pyridine rings is 1. The predicted molar refractivity (Wildman–Crippen MR) is 105 cm³/mol. The zero-order chi connectivity index (χ0) is 20.2. The molecular formula is C19H23N5O4S. The summed E-state index contributed by atoms with van der Waals surface area (Å²) in [7, 11) is -4.12. The topological polar surface area (TPSA) is 115 Å². The van der Waals surface area contributed by atoms with Crippen LogP contribution in [0.15, 0.2) is 11.1 Å². The first-order valence-corrected chi connectivity index (χ1v) is 11.5. The summed E-state index contributed by atoms with van der Waals surface area (Å²) in [6.07, 6.45) is 7.47. The van der Waals surface area contributed by atoms with E-state index in [4.69, 9.17) is 9.72 Å². The standard InChI is InChI=1S/C19H23N5O4S/c1-11-8-9-28-18-16(10-20-24(11)18)29(26,27)23-19(25)22-17-12-4-2-6-14(12)21-15-7-3-5-13(15)17/h10-11H,2-9H2,1H3,(H2,21,22,23,25). The lowest BCUT2D eigenvalue weighted by Gasteiger charge is -2.22. The fraction of sp³-hybridized carbons (Fsp3) is 0.526. The molecule has 2 N–H and O–H groups in total. The van der Waals surface area contributed by atoms with E-state index in [1.54, 1.807) is 4.68 Å². The Labute approximate surface area is 168 Å². The third-order valence-corrected chi connectivity index (χ3v) is 7.23.